The molecule has 0 saturated heterocycles. The summed E-state index contributed by atoms with van der Waals surface area (Å²) >= 11 is 0. The van der Waals surface area contributed by atoms with Gasteiger partial charge in [-0.1, -0.05) is 12.1 Å². The van der Waals surface area contributed by atoms with Gasteiger partial charge in [-0.05, 0) is 47.9 Å². The van der Waals surface area contributed by atoms with Crippen LogP contribution >= 0.6 is 0 Å². The van der Waals surface area contributed by atoms with Crippen molar-refractivity contribution in [3.8, 4) is 17.0 Å². The van der Waals surface area contributed by atoms with E-state index in [2.05, 4.69) is 9.84 Å². The summed E-state index contributed by atoms with van der Waals surface area (Å²) in [4.78, 5) is 11.8. The van der Waals surface area contributed by atoms with E-state index in [9.17, 15) is 18.0 Å². The molecule has 4 rings (SSSR count). The lowest BCUT2D eigenvalue weighted by molar-refractivity contribution is -0.274. The zero-order valence-corrected chi connectivity index (χ0v) is 15.4. The first-order chi connectivity index (χ1) is 13.8. The Morgan fingerprint density at radius 3 is 2.34 bits per heavy atom. The van der Waals surface area contributed by atoms with Crippen LogP contribution in [0.2, 0.25) is 0 Å². The minimum Gasteiger partial charge on any atom is -0.465 e. The number of esters is 1. The molecule has 1 heterocycles. The summed E-state index contributed by atoms with van der Waals surface area (Å²) in [5, 5.41) is 7.11. The molecule has 0 radical (unpaired) electrons. The second-order valence-electron chi connectivity index (χ2n) is 6.43. The number of nitrogens with zero attached hydrogens (tertiary/aromatic N) is 2. The topological polar surface area (TPSA) is 53.4 Å². The fourth-order valence-corrected chi connectivity index (χ4v) is 3.39. The number of aromatic nitrogens is 2. The molecule has 0 spiro atoms. The van der Waals surface area contributed by atoms with E-state index < -0.39 is 12.3 Å². The van der Waals surface area contributed by atoms with Gasteiger partial charge in [0.25, 0.3) is 0 Å². The van der Waals surface area contributed by atoms with Gasteiger partial charge in [0, 0.05) is 23.4 Å². The first-order valence-corrected chi connectivity index (χ1v) is 8.61. The molecule has 0 aliphatic heterocycles. The predicted octanol–water partition coefficient (Wildman–Crippen LogP) is 5.08. The maximum Gasteiger partial charge on any atom is 0.573 e. The number of fused-ring (bicyclic) bond motifs is 3. The zero-order valence-electron chi connectivity index (χ0n) is 15.4. The number of carbonyl (C=O) groups excluding carboxylic acids is 1. The summed E-state index contributed by atoms with van der Waals surface area (Å²) in [6.45, 7) is 0. The third-order valence-corrected chi connectivity index (χ3v) is 4.60. The Bertz CT molecular complexity index is 1230. The number of methoxy groups -OCH3 is 1. The van der Waals surface area contributed by atoms with Gasteiger partial charge in [0.1, 0.15) is 11.3 Å². The number of aryl methyl sites for hydroxylation is 1. The van der Waals surface area contributed by atoms with Crippen molar-refractivity contribution < 1.29 is 27.4 Å². The van der Waals surface area contributed by atoms with E-state index in [1.165, 1.54) is 19.2 Å². The van der Waals surface area contributed by atoms with Gasteiger partial charge >= 0.3 is 12.3 Å². The normalized spacial score (nSPS) is 11.8. The molecule has 0 saturated carbocycles. The van der Waals surface area contributed by atoms with E-state index in [4.69, 9.17) is 4.74 Å². The van der Waals surface area contributed by atoms with Crippen molar-refractivity contribution in [1.82, 2.24) is 9.78 Å². The van der Waals surface area contributed by atoms with E-state index in [0.717, 1.165) is 27.4 Å². The van der Waals surface area contributed by atoms with Gasteiger partial charge in [0.2, 0.25) is 0 Å². The fraction of sp³-hybridized carbons (Fsp3) is 0.143. The summed E-state index contributed by atoms with van der Waals surface area (Å²) in [7, 11) is 3.09. The third-order valence-electron chi connectivity index (χ3n) is 4.60. The van der Waals surface area contributed by atoms with Crippen molar-refractivity contribution in [3.63, 3.8) is 0 Å². The standard InChI is InChI=1S/C21H15F3N2O3/c1-26-19(12-3-7-15(8-4-12)29-21(22,23)24)17-10-5-13-11-14(20(27)28-2)6-9-16(13)18(17)25-26/h3-11H,1-2H3. The van der Waals surface area contributed by atoms with Crippen LogP contribution in [0.3, 0.4) is 0 Å². The predicted molar refractivity (Wildman–Crippen MR) is 102 cm³/mol. The molecule has 3 aromatic carbocycles. The minimum atomic E-state index is -4.73. The number of rotatable bonds is 3. The number of carbonyl (C=O) groups is 1. The second-order valence-corrected chi connectivity index (χ2v) is 6.43. The average molecular weight is 400 g/mol. The van der Waals surface area contributed by atoms with Crippen molar-refractivity contribution in [2.24, 2.45) is 7.05 Å². The molecule has 4 aromatic rings. The molecule has 1 aromatic heterocycles. The SMILES string of the molecule is COC(=O)c1ccc2c(ccc3c(-c4ccc(OC(F)(F)F)cc4)n(C)nc32)c1. The highest BCUT2D eigenvalue weighted by Gasteiger charge is 2.31. The van der Waals surface area contributed by atoms with E-state index in [-0.39, 0.29) is 5.75 Å². The van der Waals surface area contributed by atoms with Crippen molar-refractivity contribution in [2.45, 2.75) is 6.36 Å². The van der Waals surface area contributed by atoms with Crippen molar-refractivity contribution in [1.29, 1.82) is 0 Å². The molecule has 8 heteroatoms. The van der Waals surface area contributed by atoms with Crippen LogP contribution in [-0.4, -0.2) is 29.2 Å². The largest absolute Gasteiger partial charge is 0.573 e. The summed E-state index contributed by atoms with van der Waals surface area (Å²) in [5.41, 5.74) is 2.63. The monoisotopic (exact) mass is 400 g/mol. The Morgan fingerprint density at radius 2 is 1.69 bits per heavy atom. The lowest BCUT2D eigenvalue weighted by atomic mass is 10.0. The number of hydrogen-bond donors (Lipinski definition) is 0. The minimum absolute atomic E-state index is 0.284. The number of benzene rings is 3. The number of ether oxygens (including phenoxy) is 2. The highest BCUT2D eigenvalue weighted by atomic mass is 19.4. The highest BCUT2D eigenvalue weighted by Crippen LogP contribution is 2.34. The molecular weight excluding hydrogens is 385 g/mol. The molecule has 0 amide bonds. The number of alkyl halides is 3. The Hall–Kier alpha value is -3.55. The molecular formula is C21H15F3N2O3. The van der Waals surface area contributed by atoms with E-state index in [0.29, 0.717) is 11.1 Å². The fourth-order valence-electron chi connectivity index (χ4n) is 3.39. The van der Waals surface area contributed by atoms with Gasteiger partial charge in [-0.2, -0.15) is 5.10 Å². The molecule has 0 aliphatic rings. The molecule has 29 heavy (non-hydrogen) atoms. The van der Waals surface area contributed by atoms with Crippen LogP contribution in [0, 0.1) is 0 Å². The van der Waals surface area contributed by atoms with Crippen LogP contribution in [0.15, 0.2) is 54.6 Å². The molecule has 0 N–H and O–H groups in total. The maximum absolute atomic E-state index is 12.4. The van der Waals surface area contributed by atoms with E-state index >= 15 is 0 Å². The van der Waals surface area contributed by atoms with Gasteiger partial charge < -0.3 is 9.47 Å². The summed E-state index contributed by atoms with van der Waals surface area (Å²) < 4.78 is 47.5. The number of hydrogen-bond acceptors (Lipinski definition) is 4. The van der Waals surface area contributed by atoms with Gasteiger partial charge in [-0.3, -0.25) is 4.68 Å². The average Bonchev–Trinajstić information content (AvgIpc) is 3.02. The number of halogens is 3. The quantitative estimate of drug-likeness (QED) is 0.450. The lowest BCUT2D eigenvalue weighted by Crippen LogP contribution is -2.16. The van der Waals surface area contributed by atoms with Crippen molar-refractivity contribution in [3.05, 3.63) is 60.2 Å². The Morgan fingerprint density at radius 1 is 1.00 bits per heavy atom. The molecule has 0 unspecified atom stereocenters. The Kier molecular flexibility index (Phi) is 4.41. The molecule has 148 valence electrons. The van der Waals surface area contributed by atoms with Crippen LogP contribution < -0.4 is 4.74 Å². The van der Waals surface area contributed by atoms with Crippen molar-refractivity contribution >= 4 is 27.6 Å². The summed E-state index contributed by atoms with van der Waals surface area (Å²) in [6.07, 6.45) is -4.73. The Labute approximate surface area is 163 Å². The molecule has 0 aliphatic carbocycles. The Balaban J connectivity index is 1.80. The van der Waals surface area contributed by atoms with Crippen molar-refractivity contribution in [2.75, 3.05) is 7.11 Å². The maximum atomic E-state index is 12.4. The molecule has 0 bridgehead atoms. The van der Waals surface area contributed by atoms with Gasteiger partial charge in [-0.15, -0.1) is 13.2 Å². The first kappa shape index (κ1) is 18.8. The van der Waals surface area contributed by atoms with Gasteiger partial charge in [-0.25, -0.2) is 4.79 Å². The van der Waals surface area contributed by atoms with Crippen LogP contribution in [0.5, 0.6) is 5.75 Å². The molecule has 5 nitrogen and oxygen atoms in total. The van der Waals surface area contributed by atoms with E-state index in [1.54, 1.807) is 42.1 Å². The second kappa shape index (κ2) is 6.80. The summed E-state index contributed by atoms with van der Waals surface area (Å²) in [6, 6.07) is 14.6. The van der Waals surface area contributed by atoms with Gasteiger partial charge in [0.15, 0.2) is 0 Å². The lowest BCUT2D eigenvalue weighted by Gasteiger charge is -2.09. The third kappa shape index (κ3) is 3.49. The first-order valence-electron chi connectivity index (χ1n) is 8.61. The van der Waals surface area contributed by atoms with Crippen LogP contribution in [-0.2, 0) is 11.8 Å². The summed E-state index contributed by atoms with van der Waals surface area (Å²) in [5.74, 6) is -0.705. The van der Waals surface area contributed by atoms with E-state index in [1.807, 2.05) is 12.1 Å². The highest BCUT2D eigenvalue weighted by molar-refractivity contribution is 6.11. The van der Waals surface area contributed by atoms with Crippen LogP contribution in [0.25, 0.3) is 32.9 Å². The zero-order chi connectivity index (χ0) is 20.8. The smallest absolute Gasteiger partial charge is 0.465 e. The van der Waals surface area contributed by atoms with Gasteiger partial charge in [0.05, 0.1) is 18.4 Å². The molecule has 0 atom stereocenters. The van der Waals surface area contributed by atoms with Crippen LogP contribution in [0.1, 0.15) is 10.4 Å². The van der Waals surface area contributed by atoms with Crippen LogP contribution in [0.4, 0.5) is 13.2 Å². The molecule has 0 fully saturated rings.